The first-order chi connectivity index (χ1) is 14.0. The largest absolute Gasteiger partial charge is 0.344 e. The number of thioether (sulfide) groups is 1. The summed E-state index contributed by atoms with van der Waals surface area (Å²) in [4.78, 5) is 23.4. The summed E-state index contributed by atoms with van der Waals surface area (Å²) in [6.07, 6.45) is 2.13. The van der Waals surface area contributed by atoms with Gasteiger partial charge in [0.2, 0.25) is 13.3 Å². The molecule has 4 nitrogen and oxygen atoms in total. The van der Waals surface area contributed by atoms with Gasteiger partial charge >= 0.3 is 0 Å². The van der Waals surface area contributed by atoms with Crippen LogP contribution in [-0.4, -0.2) is 23.1 Å². The van der Waals surface area contributed by atoms with Gasteiger partial charge in [-0.25, -0.2) is 13.2 Å². The highest BCUT2D eigenvalue weighted by atomic mass is 35.5. The van der Waals surface area contributed by atoms with Gasteiger partial charge in [-0.05, 0) is 59.4 Å². The first-order valence-corrected chi connectivity index (χ1v) is 11.9. The SMILES string of the molecule is C=CSc1ccc(Cl)cc1CC(C(=O)N/C=C/c1cc(F)c(F)c(F)c1)P(C)(=O)O. The van der Waals surface area contributed by atoms with Crippen LogP contribution in [0.1, 0.15) is 11.1 Å². The number of amides is 1. The van der Waals surface area contributed by atoms with Crippen LogP contribution in [0, 0.1) is 17.5 Å². The Labute approximate surface area is 181 Å². The summed E-state index contributed by atoms with van der Waals surface area (Å²) in [6.45, 7) is 4.70. The summed E-state index contributed by atoms with van der Waals surface area (Å²) in [5, 5.41) is 4.31. The van der Waals surface area contributed by atoms with Gasteiger partial charge in [-0.2, -0.15) is 0 Å². The zero-order valence-electron chi connectivity index (χ0n) is 15.7. The Kier molecular flexibility index (Phi) is 8.38. The molecule has 2 N–H and O–H groups in total. The molecule has 160 valence electrons. The fourth-order valence-corrected chi connectivity index (χ4v) is 4.45. The number of hydrogen-bond acceptors (Lipinski definition) is 3. The number of halogens is 4. The first kappa shape index (κ1) is 24.3. The average Bonchev–Trinajstić information content (AvgIpc) is 2.65. The molecule has 0 heterocycles. The van der Waals surface area contributed by atoms with E-state index in [4.69, 9.17) is 11.6 Å². The summed E-state index contributed by atoms with van der Waals surface area (Å²) in [7, 11) is -3.88. The smallest absolute Gasteiger partial charge is 0.237 e. The monoisotopic (exact) mass is 475 g/mol. The molecule has 0 bridgehead atoms. The molecule has 0 spiro atoms. The molecule has 2 unspecified atom stereocenters. The third kappa shape index (κ3) is 6.51. The van der Waals surface area contributed by atoms with Crippen LogP contribution >= 0.6 is 30.7 Å². The van der Waals surface area contributed by atoms with Crippen molar-refractivity contribution in [3.63, 3.8) is 0 Å². The summed E-state index contributed by atoms with van der Waals surface area (Å²) in [6, 6.07) is 6.47. The molecule has 0 aromatic heterocycles. The molecule has 0 aliphatic rings. The van der Waals surface area contributed by atoms with Crippen molar-refractivity contribution >= 4 is 42.7 Å². The molecule has 30 heavy (non-hydrogen) atoms. The summed E-state index contributed by atoms with van der Waals surface area (Å²) in [5.41, 5.74) is -0.742. The van der Waals surface area contributed by atoms with Crippen molar-refractivity contribution in [3.8, 4) is 0 Å². The minimum atomic E-state index is -3.88. The van der Waals surface area contributed by atoms with Crippen molar-refractivity contribution in [1.82, 2.24) is 5.32 Å². The van der Waals surface area contributed by atoms with E-state index in [1.165, 1.54) is 11.8 Å². The van der Waals surface area contributed by atoms with Crippen LogP contribution in [0.25, 0.3) is 6.08 Å². The average molecular weight is 476 g/mol. The second kappa shape index (κ2) is 10.4. The lowest BCUT2D eigenvalue weighted by molar-refractivity contribution is -0.119. The van der Waals surface area contributed by atoms with Crippen molar-refractivity contribution in [1.29, 1.82) is 0 Å². The van der Waals surface area contributed by atoms with E-state index in [2.05, 4.69) is 11.9 Å². The maximum Gasteiger partial charge on any atom is 0.237 e. The molecule has 0 saturated heterocycles. The fourth-order valence-electron chi connectivity index (χ4n) is 2.59. The zero-order chi connectivity index (χ0) is 22.5. The maximum absolute atomic E-state index is 13.3. The molecule has 10 heteroatoms. The topological polar surface area (TPSA) is 66.4 Å². The lowest BCUT2D eigenvalue weighted by Gasteiger charge is -2.20. The van der Waals surface area contributed by atoms with Crippen LogP contribution in [-0.2, 0) is 15.8 Å². The summed E-state index contributed by atoms with van der Waals surface area (Å²) >= 11 is 7.30. The fraction of sp³-hybridized carbons (Fsp3) is 0.150. The minimum absolute atomic E-state index is 0.0357. The van der Waals surface area contributed by atoms with Crippen molar-refractivity contribution in [3.05, 3.63) is 82.1 Å². The van der Waals surface area contributed by atoms with Gasteiger partial charge in [-0.15, -0.1) is 0 Å². The zero-order valence-corrected chi connectivity index (χ0v) is 18.2. The van der Waals surface area contributed by atoms with Gasteiger partial charge < -0.3 is 10.2 Å². The van der Waals surface area contributed by atoms with Crippen LogP contribution in [0.2, 0.25) is 5.02 Å². The van der Waals surface area contributed by atoms with Crippen molar-refractivity contribution in [2.75, 3.05) is 6.66 Å². The third-order valence-corrected chi connectivity index (χ3v) is 6.66. The van der Waals surface area contributed by atoms with Crippen molar-refractivity contribution in [2.45, 2.75) is 17.0 Å². The van der Waals surface area contributed by atoms with Crippen molar-refractivity contribution in [2.24, 2.45) is 0 Å². The minimum Gasteiger partial charge on any atom is -0.344 e. The lowest BCUT2D eigenvalue weighted by atomic mass is 10.1. The Morgan fingerprint density at radius 1 is 1.30 bits per heavy atom. The molecule has 1 amide bonds. The Morgan fingerprint density at radius 3 is 2.50 bits per heavy atom. The highest BCUT2D eigenvalue weighted by Gasteiger charge is 2.33. The number of rotatable bonds is 8. The predicted octanol–water partition coefficient (Wildman–Crippen LogP) is 5.59. The molecule has 0 aliphatic carbocycles. The lowest BCUT2D eigenvalue weighted by Crippen LogP contribution is -2.33. The van der Waals surface area contributed by atoms with Gasteiger partial charge in [-0.3, -0.25) is 9.36 Å². The standard InChI is InChI=1S/C20H18ClF3NO3PS/c1-3-30-18-5-4-14(21)10-13(18)11-17(29(2,27)28)20(26)25-7-6-12-8-15(22)19(24)16(23)9-12/h3-10,17H,1,11H2,2H3,(H,25,26)(H,27,28)/b7-6+. The highest BCUT2D eigenvalue weighted by Crippen LogP contribution is 2.44. The van der Waals surface area contributed by atoms with E-state index in [1.807, 2.05) is 0 Å². The van der Waals surface area contributed by atoms with Crippen LogP contribution in [0.15, 0.2) is 53.4 Å². The molecule has 2 aromatic rings. The predicted molar refractivity (Wildman–Crippen MR) is 114 cm³/mol. The van der Waals surface area contributed by atoms with E-state index < -0.39 is 36.4 Å². The Balaban J connectivity index is 2.22. The molecular formula is C20H18ClF3NO3PS. The van der Waals surface area contributed by atoms with E-state index in [0.717, 1.165) is 36.0 Å². The first-order valence-electron chi connectivity index (χ1n) is 8.50. The van der Waals surface area contributed by atoms with E-state index in [9.17, 15) is 27.4 Å². The number of nitrogens with one attached hydrogen (secondary N) is 1. The van der Waals surface area contributed by atoms with Gasteiger partial charge in [0.15, 0.2) is 17.5 Å². The molecule has 0 aliphatic heterocycles. The Morgan fingerprint density at radius 2 is 1.93 bits per heavy atom. The molecule has 0 saturated carbocycles. The second-order valence-electron chi connectivity index (χ2n) is 6.34. The molecule has 2 rings (SSSR count). The second-order valence-corrected chi connectivity index (χ2v) is 10.3. The molecule has 0 fully saturated rings. The van der Waals surface area contributed by atoms with Gasteiger partial charge in [0, 0.05) is 22.8 Å². The van der Waals surface area contributed by atoms with Crippen LogP contribution < -0.4 is 5.32 Å². The number of carbonyl (C=O) groups is 1. The third-order valence-electron chi connectivity index (χ3n) is 4.03. The van der Waals surface area contributed by atoms with E-state index >= 15 is 0 Å². The van der Waals surface area contributed by atoms with Crippen molar-refractivity contribution < 1.29 is 27.4 Å². The Bertz CT molecular complexity index is 1020. The quantitative estimate of drug-likeness (QED) is 0.297. The summed E-state index contributed by atoms with van der Waals surface area (Å²) in [5.74, 6) is -5.11. The molecule has 2 atom stereocenters. The summed E-state index contributed by atoms with van der Waals surface area (Å²) < 4.78 is 51.9. The van der Waals surface area contributed by atoms with Crippen LogP contribution in [0.4, 0.5) is 13.2 Å². The van der Waals surface area contributed by atoms with Crippen LogP contribution in [0.3, 0.4) is 0 Å². The van der Waals surface area contributed by atoms with Crippen LogP contribution in [0.5, 0.6) is 0 Å². The Hall–Kier alpha value is -1.99. The number of benzene rings is 2. The molecular weight excluding hydrogens is 458 g/mol. The molecule has 0 radical (unpaired) electrons. The van der Waals surface area contributed by atoms with E-state index in [-0.39, 0.29) is 12.0 Å². The van der Waals surface area contributed by atoms with Gasteiger partial charge in [-0.1, -0.05) is 29.9 Å². The van der Waals surface area contributed by atoms with E-state index in [0.29, 0.717) is 10.6 Å². The van der Waals surface area contributed by atoms with Gasteiger partial charge in [0.05, 0.1) is 0 Å². The number of hydrogen-bond donors (Lipinski definition) is 2. The molecule has 2 aromatic carbocycles. The van der Waals surface area contributed by atoms with Gasteiger partial charge in [0.1, 0.15) is 5.66 Å². The maximum atomic E-state index is 13.3. The normalized spacial score (nSPS) is 14.3. The highest BCUT2D eigenvalue weighted by molar-refractivity contribution is 8.02. The number of carbonyl (C=O) groups excluding carboxylic acids is 1. The van der Waals surface area contributed by atoms with E-state index in [1.54, 1.807) is 23.6 Å². The van der Waals surface area contributed by atoms with Gasteiger partial charge in [0.25, 0.3) is 0 Å².